The maximum Gasteiger partial charge on any atom is 0.236 e. The quantitative estimate of drug-likeness (QED) is 0.578. The van der Waals surface area contributed by atoms with Crippen molar-refractivity contribution in [2.75, 3.05) is 11.1 Å². The van der Waals surface area contributed by atoms with Gasteiger partial charge in [-0.3, -0.25) is 4.79 Å². The highest BCUT2D eigenvalue weighted by molar-refractivity contribution is 7.99. The standard InChI is InChI=1S/C18H21N5O2S2/c1-12(2)13-6-4-5-7-14(13)25-10-15-21-22-18(23(15)3)27-11-16(24)20-17-19-8-9-26-17/h4-9,12H,10-11H2,1-3H3,(H,19,20,24). The van der Waals surface area contributed by atoms with E-state index in [1.54, 1.807) is 6.20 Å². The highest BCUT2D eigenvalue weighted by atomic mass is 32.2. The number of ether oxygens (including phenoxy) is 1. The Morgan fingerprint density at radius 2 is 2.15 bits per heavy atom. The van der Waals surface area contributed by atoms with Gasteiger partial charge in [0.25, 0.3) is 0 Å². The summed E-state index contributed by atoms with van der Waals surface area (Å²) < 4.78 is 7.80. The van der Waals surface area contributed by atoms with E-state index in [1.165, 1.54) is 23.1 Å². The fourth-order valence-electron chi connectivity index (χ4n) is 2.40. The second kappa shape index (κ2) is 9.01. The number of thioether (sulfide) groups is 1. The fourth-order valence-corrected chi connectivity index (χ4v) is 3.67. The molecule has 0 aliphatic carbocycles. The van der Waals surface area contributed by atoms with Gasteiger partial charge in [0.1, 0.15) is 12.4 Å². The molecule has 7 nitrogen and oxygen atoms in total. The molecule has 0 aliphatic heterocycles. The number of amides is 1. The molecular formula is C18H21N5O2S2. The van der Waals surface area contributed by atoms with E-state index >= 15 is 0 Å². The minimum Gasteiger partial charge on any atom is -0.485 e. The zero-order valence-corrected chi connectivity index (χ0v) is 17.0. The summed E-state index contributed by atoms with van der Waals surface area (Å²) in [4.78, 5) is 16.0. The lowest BCUT2D eigenvalue weighted by Gasteiger charge is -2.13. The molecule has 2 heterocycles. The predicted molar refractivity (Wildman–Crippen MR) is 107 cm³/mol. The van der Waals surface area contributed by atoms with Crippen LogP contribution in [0.4, 0.5) is 5.13 Å². The van der Waals surface area contributed by atoms with E-state index in [1.807, 2.05) is 35.2 Å². The summed E-state index contributed by atoms with van der Waals surface area (Å²) >= 11 is 2.71. The first-order valence-corrected chi connectivity index (χ1v) is 10.3. The summed E-state index contributed by atoms with van der Waals surface area (Å²) in [5.74, 6) is 2.05. The first kappa shape index (κ1) is 19.4. The molecule has 0 fully saturated rings. The Balaban J connectivity index is 1.56. The highest BCUT2D eigenvalue weighted by Gasteiger charge is 2.14. The third kappa shape index (κ3) is 5.08. The van der Waals surface area contributed by atoms with Gasteiger partial charge in [-0.1, -0.05) is 43.8 Å². The molecule has 3 aromatic rings. The van der Waals surface area contributed by atoms with E-state index in [9.17, 15) is 4.79 Å². The topological polar surface area (TPSA) is 81.9 Å². The minimum atomic E-state index is -0.124. The number of aromatic nitrogens is 4. The second-order valence-corrected chi connectivity index (χ2v) is 7.95. The van der Waals surface area contributed by atoms with Gasteiger partial charge in [0.2, 0.25) is 5.91 Å². The van der Waals surface area contributed by atoms with Crippen molar-refractivity contribution < 1.29 is 9.53 Å². The van der Waals surface area contributed by atoms with Crippen LogP contribution < -0.4 is 10.1 Å². The van der Waals surface area contributed by atoms with Gasteiger partial charge in [-0.2, -0.15) is 0 Å². The van der Waals surface area contributed by atoms with E-state index in [0.717, 1.165) is 11.3 Å². The van der Waals surface area contributed by atoms with Crippen LogP contribution in [0, 0.1) is 0 Å². The van der Waals surface area contributed by atoms with E-state index in [4.69, 9.17) is 4.74 Å². The molecule has 0 unspecified atom stereocenters. The Morgan fingerprint density at radius 1 is 1.33 bits per heavy atom. The molecule has 0 saturated carbocycles. The third-order valence-corrected chi connectivity index (χ3v) is 5.54. The van der Waals surface area contributed by atoms with Crippen LogP contribution in [-0.4, -0.2) is 31.4 Å². The normalized spacial score (nSPS) is 11.0. The summed E-state index contributed by atoms with van der Waals surface area (Å²) in [6.07, 6.45) is 1.65. The van der Waals surface area contributed by atoms with Crippen molar-refractivity contribution in [1.82, 2.24) is 19.7 Å². The third-order valence-electron chi connectivity index (χ3n) is 3.83. The second-order valence-electron chi connectivity index (χ2n) is 6.11. The van der Waals surface area contributed by atoms with Crippen LogP contribution in [0.5, 0.6) is 5.75 Å². The van der Waals surface area contributed by atoms with E-state index in [2.05, 4.69) is 40.4 Å². The van der Waals surface area contributed by atoms with Gasteiger partial charge in [0.05, 0.1) is 5.75 Å². The molecule has 2 aromatic heterocycles. The molecule has 0 atom stereocenters. The molecular weight excluding hydrogens is 382 g/mol. The number of para-hydroxylation sites is 1. The summed E-state index contributed by atoms with van der Waals surface area (Å²) in [7, 11) is 1.87. The van der Waals surface area contributed by atoms with Gasteiger partial charge in [-0.15, -0.1) is 21.5 Å². The number of carbonyl (C=O) groups is 1. The van der Waals surface area contributed by atoms with E-state index in [-0.39, 0.29) is 11.7 Å². The molecule has 1 N–H and O–H groups in total. The van der Waals surface area contributed by atoms with Crippen LogP contribution in [0.3, 0.4) is 0 Å². The molecule has 142 valence electrons. The number of nitrogens with one attached hydrogen (secondary N) is 1. The number of rotatable bonds is 8. The first-order chi connectivity index (χ1) is 13.0. The fraction of sp³-hybridized carbons (Fsp3) is 0.333. The Bertz CT molecular complexity index is 893. The molecule has 3 rings (SSSR count). The summed E-state index contributed by atoms with van der Waals surface area (Å²) in [5.41, 5.74) is 1.16. The number of anilines is 1. The highest BCUT2D eigenvalue weighted by Crippen LogP contribution is 2.26. The van der Waals surface area contributed by atoms with E-state index in [0.29, 0.717) is 28.6 Å². The van der Waals surface area contributed by atoms with Gasteiger partial charge in [0.15, 0.2) is 16.1 Å². The van der Waals surface area contributed by atoms with Gasteiger partial charge in [-0.25, -0.2) is 4.98 Å². The van der Waals surface area contributed by atoms with Gasteiger partial charge in [-0.05, 0) is 17.5 Å². The molecule has 27 heavy (non-hydrogen) atoms. The van der Waals surface area contributed by atoms with Crippen LogP contribution in [0.1, 0.15) is 31.2 Å². The van der Waals surface area contributed by atoms with Crippen molar-refractivity contribution >= 4 is 34.1 Å². The van der Waals surface area contributed by atoms with Gasteiger partial charge in [0, 0.05) is 18.6 Å². The van der Waals surface area contributed by atoms with Crippen LogP contribution in [0.2, 0.25) is 0 Å². The number of carbonyl (C=O) groups excluding carboxylic acids is 1. The molecule has 0 radical (unpaired) electrons. The number of benzene rings is 1. The Hall–Kier alpha value is -2.39. The van der Waals surface area contributed by atoms with Crippen LogP contribution in [0.15, 0.2) is 41.0 Å². The Morgan fingerprint density at radius 3 is 2.89 bits per heavy atom. The van der Waals surface area contributed by atoms with Gasteiger partial charge < -0.3 is 14.6 Å². The molecule has 0 aliphatic rings. The summed E-state index contributed by atoms with van der Waals surface area (Å²) in [6, 6.07) is 8.00. The summed E-state index contributed by atoms with van der Waals surface area (Å²) in [5, 5.41) is 14.2. The van der Waals surface area contributed by atoms with Crippen LogP contribution in [-0.2, 0) is 18.4 Å². The lowest BCUT2D eigenvalue weighted by Crippen LogP contribution is -2.14. The Labute approximate surface area is 166 Å². The van der Waals surface area contributed by atoms with Crippen molar-refractivity contribution in [3.63, 3.8) is 0 Å². The average Bonchev–Trinajstić information content (AvgIpc) is 3.28. The number of thiazole rings is 1. The Kier molecular flexibility index (Phi) is 6.46. The van der Waals surface area contributed by atoms with Crippen molar-refractivity contribution in [1.29, 1.82) is 0 Å². The lowest BCUT2D eigenvalue weighted by atomic mass is 10.0. The predicted octanol–water partition coefficient (Wildman–Crippen LogP) is 3.70. The monoisotopic (exact) mass is 403 g/mol. The average molecular weight is 404 g/mol. The van der Waals surface area contributed by atoms with Crippen molar-refractivity contribution in [3.05, 3.63) is 47.2 Å². The largest absolute Gasteiger partial charge is 0.485 e. The number of nitrogens with zero attached hydrogens (tertiary/aromatic N) is 4. The SMILES string of the molecule is CC(C)c1ccccc1OCc1nnc(SCC(=O)Nc2nccs2)n1C. The number of hydrogen-bond acceptors (Lipinski definition) is 7. The smallest absolute Gasteiger partial charge is 0.236 e. The lowest BCUT2D eigenvalue weighted by molar-refractivity contribution is -0.113. The van der Waals surface area contributed by atoms with Crippen molar-refractivity contribution in [2.24, 2.45) is 7.05 Å². The molecule has 0 bridgehead atoms. The van der Waals surface area contributed by atoms with Crippen molar-refractivity contribution in [3.8, 4) is 5.75 Å². The molecule has 0 spiro atoms. The number of hydrogen-bond donors (Lipinski definition) is 1. The zero-order valence-electron chi connectivity index (χ0n) is 15.4. The summed E-state index contributed by atoms with van der Waals surface area (Å²) in [6.45, 7) is 4.59. The first-order valence-electron chi connectivity index (χ1n) is 8.46. The van der Waals surface area contributed by atoms with Gasteiger partial charge >= 0.3 is 0 Å². The zero-order chi connectivity index (χ0) is 19.2. The van der Waals surface area contributed by atoms with Crippen LogP contribution >= 0.6 is 23.1 Å². The van der Waals surface area contributed by atoms with E-state index < -0.39 is 0 Å². The molecule has 9 heteroatoms. The van der Waals surface area contributed by atoms with Crippen LogP contribution in [0.25, 0.3) is 0 Å². The van der Waals surface area contributed by atoms with Crippen molar-refractivity contribution in [2.45, 2.75) is 31.5 Å². The molecule has 1 aromatic carbocycles. The maximum atomic E-state index is 12.0. The maximum absolute atomic E-state index is 12.0. The molecule has 0 saturated heterocycles. The molecule has 1 amide bonds. The minimum absolute atomic E-state index is 0.124.